The number of rotatable bonds is 3. The van der Waals surface area contributed by atoms with Crippen LogP contribution in [0.4, 0.5) is 0 Å². The van der Waals surface area contributed by atoms with E-state index in [0.29, 0.717) is 12.3 Å². The molecule has 0 spiro atoms. The van der Waals surface area contributed by atoms with Crippen LogP contribution < -0.4 is 5.73 Å². The maximum Gasteiger partial charge on any atom is 0.320 e. The van der Waals surface area contributed by atoms with E-state index in [4.69, 9.17) is 10.8 Å². The summed E-state index contributed by atoms with van der Waals surface area (Å²) in [6, 6.07) is -0.690. The molecular formula is C6H14ClNO2. The van der Waals surface area contributed by atoms with Crippen molar-refractivity contribution in [2.45, 2.75) is 26.3 Å². The van der Waals surface area contributed by atoms with Gasteiger partial charge in [0.15, 0.2) is 0 Å². The number of carboxylic acids is 1. The Balaban J connectivity index is 0. The lowest BCUT2D eigenvalue weighted by atomic mass is 10.1. The van der Waals surface area contributed by atoms with E-state index >= 15 is 0 Å². The van der Waals surface area contributed by atoms with Crippen LogP contribution in [0.3, 0.4) is 0 Å². The predicted molar refractivity (Wildman–Crippen MR) is 42.3 cm³/mol. The van der Waals surface area contributed by atoms with Crippen LogP contribution in [-0.2, 0) is 4.79 Å². The minimum Gasteiger partial charge on any atom is -0.480 e. The Labute approximate surface area is 67.0 Å². The largest absolute Gasteiger partial charge is 0.480 e. The highest BCUT2D eigenvalue weighted by Gasteiger charge is 2.11. The van der Waals surface area contributed by atoms with E-state index in [-0.39, 0.29) is 12.4 Å². The molecule has 0 aliphatic heterocycles. The third kappa shape index (κ3) is 5.85. The number of halogens is 1. The fourth-order valence-corrected chi connectivity index (χ4v) is 0.609. The van der Waals surface area contributed by atoms with Gasteiger partial charge in [0, 0.05) is 0 Å². The number of carbonyl (C=O) groups is 1. The monoisotopic (exact) mass is 167 g/mol. The van der Waals surface area contributed by atoms with E-state index in [9.17, 15) is 4.79 Å². The highest BCUT2D eigenvalue weighted by Crippen LogP contribution is 2.01. The summed E-state index contributed by atoms with van der Waals surface area (Å²) in [6.07, 6.45) is 0.551. The van der Waals surface area contributed by atoms with Gasteiger partial charge in [0.1, 0.15) is 6.04 Å². The van der Waals surface area contributed by atoms with Crippen molar-refractivity contribution in [2.24, 2.45) is 11.7 Å². The molecule has 0 bridgehead atoms. The maximum atomic E-state index is 10.1. The van der Waals surface area contributed by atoms with Gasteiger partial charge in [-0.1, -0.05) is 13.8 Å². The minimum atomic E-state index is -0.913. The van der Waals surface area contributed by atoms with Crippen molar-refractivity contribution in [3.8, 4) is 0 Å². The van der Waals surface area contributed by atoms with Crippen LogP contribution in [0.15, 0.2) is 0 Å². The lowest BCUT2D eigenvalue weighted by Gasteiger charge is -2.07. The average Bonchev–Trinajstić information content (AvgIpc) is 1.63. The van der Waals surface area contributed by atoms with Crippen LogP contribution in [-0.4, -0.2) is 17.1 Å². The van der Waals surface area contributed by atoms with Gasteiger partial charge in [-0.3, -0.25) is 4.79 Å². The molecule has 0 aromatic rings. The molecule has 0 aliphatic carbocycles. The fraction of sp³-hybridized carbons (Fsp3) is 0.833. The second-order valence-electron chi connectivity index (χ2n) is 2.57. The Morgan fingerprint density at radius 3 is 2.10 bits per heavy atom. The molecule has 4 heteroatoms. The molecular weight excluding hydrogens is 154 g/mol. The third-order valence-electron chi connectivity index (χ3n) is 1.04. The summed E-state index contributed by atoms with van der Waals surface area (Å²) in [5.74, 6) is -0.556. The molecule has 0 rings (SSSR count). The molecule has 0 heterocycles. The number of nitrogens with two attached hydrogens (primary N) is 1. The Bertz CT molecular complexity index is 106. The van der Waals surface area contributed by atoms with Gasteiger partial charge in [0.25, 0.3) is 0 Å². The van der Waals surface area contributed by atoms with Crippen LogP contribution in [0, 0.1) is 5.92 Å². The first kappa shape index (κ1) is 12.4. The van der Waals surface area contributed by atoms with Crippen molar-refractivity contribution >= 4 is 18.4 Å². The van der Waals surface area contributed by atoms with E-state index in [1.807, 2.05) is 13.8 Å². The minimum absolute atomic E-state index is 0. The first-order valence-corrected chi connectivity index (χ1v) is 3.02. The molecule has 10 heavy (non-hydrogen) atoms. The van der Waals surface area contributed by atoms with E-state index in [1.54, 1.807) is 0 Å². The van der Waals surface area contributed by atoms with Crippen LogP contribution in [0.5, 0.6) is 0 Å². The van der Waals surface area contributed by atoms with Crippen LogP contribution in [0.2, 0.25) is 0 Å². The SMILES string of the molecule is CC(C)C[C@H](N)C(=O)O.Cl. The number of hydrogen-bond acceptors (Lipinski definition) is 2. The summed E-state index contributed by atoms with van der Waals surface area (Å²) in [7, 11) is 0. The zero-order chi connectivity index (χ0) is 7.44. The first-order chi connectivity index (χ1) is 4.04. The smallest absolute Gasteiger partial charge is 0.320 e. The lowest BCUT2D eigenvalue weighted by Crippen LogP contribution is -2.31. The van der Waals surface area contributed by atoms with Gasteiger partial charge in [-0.05, 0) is 12.3 Å². The highest BCUT2D eigenvalue weighted by molar-refractivity contribution is 5.85. The summed E-state index contributed by atoms with van der Waals surface area (Å²) >= 11 is 0. The van der Waals surface area contributed by atoms with Crippen molar-refractivity contribution in [1.82, 2.24) is 0 Å². The molecule has 0 radical (unpaired) electrons. The standard InChI is InChI=1S/C6H13NO2.ClH/c1-4(2)3-5(7)6(8)9;/h4-5H,3,7H2,1-2H3,(H,8,9);1H/t5-;/m0./s1. The Morgan fingerprint density at radius 1 is 1.60 bits per heavy atom. The molecule has 0 saturated heterocycles. The predicted octanol–water partition coefficient (Wildman–Crippen LogP) is 0.866. The molecule has 62 valence electrons. The number of aliphatic carboxylic acids is 1. The van der Waals surface area contributed by atoms with Crippen molar-refractivity contribution in [1.29, 1.82) is 0 Å². The van der Waals surface area contributed by atoms with Crippen molar-refractivity contribution in [2.75, 3.05) is 0 Å². The van der Waals surface area contributed by atoms with E-state index < -0.39 is 12.0 Å². The Morgan fingerprint density at radius 2 is 2.00 bits per heavy atom. The summed E-state index contributed by atoms with van der Waals surface area (Å²) in [6.45, 7) is 3.89. The number of hydrogen-bond donors (Lipinski definition) is 2. The van der Waals surface area contributed by atoms with Crippen LogP contribution in [0.1, 0.15) is 20.3 Å². The van der Waals surface area contributed by atoms with Gasteiger partial charge in [-0.2, -0.15) is 0 Å². The van der Waals surface area contributed by atoms with Gasteiger partial charge in [-0.15, -0.1) is 12.4 Å². The normalized spacial score (nSPS) is 12.4. The molecule has 0 aromatic heterocycles. The van der Waals surface area contributed by atoms with Gasteiger partial charge in [0.05, 0.1) is 0 Å². The van der Waals surface area contributed by atoms with E-state index in [1.165, 1.54) is 0 Å². The number of carboxylic acid groups (broad SMARTS) is 1. The topological polar surface area (TPSA) is 63.3 Å². The Kier molecular flexibility index (Phi) is 6.82. The quantitative estimate of drug-likeness (QED) is 0.656. The first-order valence-electron chi connectivity index (χ1n) is 3.02. The second kappa shape index (κ2) is 5.50. The Hall–Kier alpha value is -0.280. The van der Waals surface area contributed by atoms with Crippen molar-refractivity contribution < 1.29 is 9.90 Å². The van der Waals surface area contributed by atoms with Crippen molar-refractivity contribution in [3.05, 3.63) is 0 Å². The van der Waals surface area contributed by atoms with Gasteiger partial charge in [-0.25, -0.2) is 0 Å². The zero-order valence-electron chi connectivity index (χ0n) is 6.20. The molecule has 0 aromatic carbocycles. The molecule has 1 atom stereocenters. The summed E-state index contributed by atoms with van der Waals surface area (Å²) in [4.78, 5) is 10.1. The van der Waals surface area contributed by atoms with Gasteiger partial charge < -0.3 is 10.8 Å². The zero-order valence-corrected chi connectivity index (χ0v) is 7.02. The molecule has 3 nitrogen and oxygen atoms in total. The molecule has 3 N–H and O–H groups in total. The van der Waals surface area contributed by atoms with E-state index in [0.717, 1.165) is 0 Å². The van der Waals surface area contributed by atoms with Crippen LogP contribution in [0.25, 0.3) is 0 Å². The average molecular weight is 168 g/mol. The molecule has 0 saturated carbocycles. The van der Waals surface area contributed by atoms with Crippen LogP contribution >= 0.6 is 12.4 Å². The maximum absolute atomic E-state index is 10.1. The summed E-state index contributed by atoms with van der Waals surface area (Å²) in [5, 5.41) is 8.31. The molecule has 0 aliphatic rings. The van der Waals surface area contributed by atoms with Crippen molar-refractivity contribution in [3.63, 3.8) is 0 Å². The third-order valence-corrected chi connectivity index (χ3v) is 1.04. The van der Waals surface area contributed by atoms with Gasteiger partial charge >= 0.3 is 5.97 Å². The molecule has 0 unspecified atom stereocenters. The summed E-state index contributed by atoms with van der Waals surface area (Å²) < 4.78 is 0. The molecule has 0 amide bonds. The molecule has 0 fully saturated rings. The van der Waals surface area contributed by atoms with E-state index in [2.05, 4.69) is 0 Å². The lowest BCUT2D eigenvalue weighted by molar-refractivity contribution is -0.138. The van der Waals surface area contributed by atoms with Gasteiger partial charge in [0.2, 0.25) is 0 Å². The summed E-state index contributed by atoms with van der Waals surface area (Å²) in [5.41, 5.74) is 5.22. The highest BCUT2D eigenvalue weighted by atomic mass is 35.5. The second-order valence-corrected chi connectivity index (χ2v) is 2.57. The fourth-order valence-electron chi connectivity index (χ4n) is 0.609.